The summed E-state index contributed by atoms with van der Waals surface area (Å²) in [5.74, 6) is -0.520. The molecule has 0 saturated heterocycles. The molecule has 0 aromatic rings. The molecule has 3 aliphatic rings. The highest BCUT2D eigenvalue weighted by Crippen LogP contribution is 2.67. The van der Waals surface area contributed by atoms with Gasteiger partial charge in [0.1, 0.15) is 18.5 Å². The Morgan fingerprint density at radius 1 is 1.33 bits per heavy atom. The third kappa shape index (κ3) is 2.72. The first-order chi connectivity index (χ1) is 12.6. The quantitative estimate of drug-likeness (QED) is 0.583. The third-order valence-electron chi connectivity index (χ3n) is 8.70. The van der Waals surface area contributed by atoms with Crippen LogP contribution < -0.4 is 0 Å². The Kier molecular flexibility index (Phi) is 5.09. The second-order valence-electron chi connectivity index (χ2n) is 9.72. The lowest BCUT2D eigenvalue weighted by atomic mass is 9.44. The van der Waals surface area contributed by atoms with Gasteiger partial charge in [0.15, 0.2) is 0 Å². The van der Waals surface area contributed by atoms with Crippen molar-refractivity contribution in [1.82, 2.24) is 0 Å². The molecular weight excluding hydrogens is 344 g/mol. The zero-order valence-electron chi connectivity index (χ0n) is 17.0. The van der Waals surface area contributed by atoms with Crippen molar-refractivity contribution in [3.05, 3.63) is 12.7 Å². The number of ketones is 1. The molecule has 3 saturated carbocycles. The topological polar surface area (TPSA) is 83.8 Å². The molecule has 2 bridgehead atoms. The maximum atomic E-state index is 13.1. The molecule has 5 heteroatoms. The van der Waals surface area contributed by atoms with E-state index in [4.69, 9.17) is 4.74 Å². The summed E-state index contributed by atoms with van der Waals surface area (Å²) in [5.41, 5.74) is -1.43. The molecule has 3 rings (SSSR count). The highest BCUT2D eigenvalue weighted by molar-refractivity contribution is 5.85. The number of ether oxygens (including phenoxy) is 1. The van der Waals surface area contributed by atoms with Gasteiger partial charge in [-0.2, -0.15) is 0 Å². The maximum Gasteiger partial charge on any atom is 0.332 e. The van der Waals surface area contributed by atoms with Crippen molar-refractivity contribution in [3.63, 3.8) is 0 Å². The van der Waals surface area contributed by atoms with E-state index in [1.165, 1.54) is 0 Å². The molecule has 0 heterocycles. The van der Waals surface area contributed by atoms with E-state index in [2.05, 4.69) is 27.4 Å². The molecule has 8 atom stereocenters. The normalized spacial score (nSPS) is 49.7. The number of hydrogen-bond acceptors (Lipinski definition) is 5. The number of carbonyl (C=O) groups excluding carboxylic acids is 2. The molecule has 0 unspecified atom stereocenters. The van der Waals surface area contributed by atoms with Gasteiger partial charge >= 0.3 is 5.97 Å². The first kappa shape index (κ1) is 20.5. The number of aliphatic hydroxyl groups excluding tert-OH is 2. The van der Waals surface area contributed by atoms with Crippen LogP contribution in [0.3, 0.4) is 0 Å². The van der Waals surface area contributed by atoms with E-state index in [9.17, 15) is 19.8 Å². The largest absolute Gasteiger partial charge is 0.460 e. The summed E-state index contributed by atoms with van der Waals surface area (Å²) in [4.78, 5) is 25.2. The van der Waals surface area contributed by atoms with Crippen LogP contribution in [0, 0.1) is 34.0 Å². The van der Waals surface area contributed by atoms with Crippen LogP contribution in [0.4, 0.5) is 0 Å². The van der Waals surface area contributed by atoms with Gasteiger partial charge in [-0.25, -0.2) is 4.79 Å². The second-order valence-corrected chi connectivity index (χ2v) is 9.72. The molecule has 2 N–H and O–H groups in total. The fourth-order valence-electron chi connectivity index (χ4n) is 6.70. The molecule has 0 aromatic carbocycles. The van der Waals surface area contributed by atoms with E-state index in [-0.39, 0.29) is 29.0 Å². The van der Waals surface area contributed by atoms with E-state index in [1.807, 2.05) is 6.92 Å². The van der Waals surface area contributed by atoms with Crippen LogP contribution >= 0.6 is 0 Å². The molecule has 5 nitrogen and oxygen atoms in total. The molecule has 3 fully saturated rings. The summed E-state index contributed by atoms with van der Waals surface area (Å²) in [6.45, 7) is 11.5. The van der Waals surface area contributed by atoms with E-state index in [1.54, 1.807) is 6.08 Å². The van der Waals surface area contributed by atoms with Crippen molar-refractivity contribution in [2.24, 2.45) is 34.0 Å². The molecule has 0 amide bonds. The predicted octanol–water partition coefficient (Wildman–Crippen LogP) is 2.89. The smallest absolute Gasteiger partial charge is 0.332 e. The number of aliphatic hydroxyl groups is 2. The minimum atomic E-state index is -0.686. The van der Waals surface area contributed by atoms with Crippen molar-refractivity contribution in [1.29, 1.82) is 0 Å². The van der Waals surface area contributed by atoms with Crippen molar-refractivity contribution < 1.29 is 24.5 Å². The molecule has 27 heavy (non-hydrogen) atoms. The molecule has 0 spiro atoms. The van der Waals surface area contributed by atoms with Gasteiger partial charge in [-0.3, -0.25) is 4.79 Å². The number of esters is 1. The van der Waals surface area contributed by atoms with Gasteiger partial charge in [0.05, 0.1) is 6.10 Å². The summed E-state index contributed by atoms with van der Waals surface area (Å²) in [6, 6.07) is 0. The predicted molar refractivity (Wildman–Crippen MR) is 102 cm³/mol. The summed E-state index contributed by atoms with van der Waals surface area (Å²) in [5, 5.41) is 20.6. The molecule has 0 radical (unpaired) electrons. The molecular formula is C22H34O5. The average molecular weight is 379 g/mol. The van der Waals surface area contributed by atoms with E-state index < -0.39 is 35.6 Å². The Balaban J connectivity index is 2.21. The molecule has 3 aliphatic carbocycles. The fraction of sp³-hybridized carbons (Fsp3) is 0.818. The van der Waals surface area contributed by atoms with Crippen molar-refractivity contribution in [3.8, 4) is 0 Å². The Labute approximate surface area is 162 Å². The standard InChI is InChI=1S/C22H34O5/c1-6-20(4)11-16(27-17(25)12-23)21(5)13(2)7-9-22(14(3)19(20)26)10-8-15(24)18(21)22/h6,13-14,16,18-19,23,26H,1,7-12H2,2-5H3/t13-,14-,16+,18-,19-,20+,21-,22-/m0/s1. The Morgan fingerprint density at radius 2 is 2.00 bits per heavy atom. The van der Waals surface area contributed by atoms with Crippen molar-refractivity contribution in [2.75, 3.05) is 6.61 Å². The van der Waals surface area contributed by atoms with Crippen LogP contribution in [-0.4, -0.2) is 40.8 Å². The van der Waals surface area contributed by atoms with Crippen molar-refractivity contribution in [2.45, 2.75) is 72.0 Å². The van der Waals surface area contributed by atoms with Gasteiger partial charge in [0.2, 0.25) is 0 Å². The SMILES string of the molecule is C=C[C@]1(C)C[C@@H](OC(=O)CO)[C@@]2(C)[C@@H]3C(=O)CC[C@@]3(CC[C@@H]2C)[C@@H](C)[C@@H]1O. The monoisotopic (exact) mass is 378 g/mol. The summed E-state index contributed by atoms with van der Waals surface area (Å²) < 4.78 is 5.77. The first-order valence-corrected chi connectivity index (χ1v) is 10.2. The second kappa shape index (κ2) is 6.70. The van der Waals surface area contributed by atoms with Gasteiger partial charge in [0, 0.05) is 23.2 Å². The zero-order chi connectivity index (χ0) is 20.2. The maximum absolute atomic E-state index is 13.1. The van der Waals surface area contributed by atoms with Crippen LogP contribution in [0.15, 0.2) is 12.7 Å². The number of hydrogen-bond donors (Lipinski definition) is 2. The third-order valence-corrected chi connectivity index (χ3v) is 8.70. The van der Waals surface area contributed by atoms with Crippen LogP contribution in [0.25, 0.3) is 0 Å². The van der Waals surface area contributed by atoms with Gasteiger partial charge in [0.25, 0.3) is 0 Å². The highest BCUT2D eigenvalue weighted by atomic mass is 16.6. The van der Waals surface area contributed by atoms with Gasteiger partial charge in [-0.1, -0.05) is 33.8 Å². The number of Topliss-reactive ketones (excluding diaryl/α,β-unsaturated/α-hetero) is 1. The highest BCUT2D eigenvalue weighted by Gasteiger charge is 2.68. The number of carbonyl (C=O) groups is 2. The van der Waals surface area contributed by atoms with Crippen LogP contribution in [0.5, 0.6) is 0 Å². The van der Waals surface area contributed by atoms with Gasteiger partial charge in [-0.05, 0) is 42.9 Å². The Morgan fingerprint density at radius 3 is 2.59 bits per heavy atom. The molecule has 0 aliphatic heterocycles. The summed E-state index contributed by atoms with van der Waals surface area (Å²) in [6.07, 6.45) is 4.10. The van der Waals surface area contributed by atoms with E-state index in [0.717, 1.165) is 19.3 Å². The average Bonchev–Trinajstić information content (AvgIpc) is 3.00. The van der Waals surface area contributed by atoms with E-state index >= 15 is 0 Å². The lowest BCUT2D eigenvalue weighted by Gasteiger charge is -2.61. The van der Waals surface area contributed by atoms with Crippen LogP contribution in [-0.2, 0) is 14.3 Å². The van der Waals surface area contributed by atoms with Gasteiger partial charge < -0.3 is 14.9 Å². The first-order valence-electron chi connectivity index (χ1n) is 10.2. The lowest BCUT2D eigenvalue weighted by molar-refractivity contribution is -0.207. The van der Waals surface area contributed by atoms with Gasteiger partial charge in [-0.15, -0.1) is 6.58 Å². The van der Waals surface area contributed by atoms with Crippen LogP contribution in [0.1, 0.15) is 59.8 Å². The van der Waals surface area contributed by atoms with E-state index in [0.29, 0.717) is 12.8 Å². The minimum absolute atomic E-state index is 0.0433. The van der Waals surface area contributed by atoms with Crippen molar-refractivity contribution >= 4 is 11.8 Å². The fourth-order valence-corrected chi connectivity index (χ4v) is 6.70. The zero-order valence-corrected chi connectivity index (χ0v) is 17.0. The Bertz CT molecular complexity index is 645. The number of rotatable bonds is 3. The van der Waals surface area contributed by atoms with Crippen LogP contribution in [0.2, 0.25) is 0 Å². The lowest BCUT2D eigenvalue weighted by Crippen LogP contribution is -2.63. The Hall–Kier alpha value is -1.20. The molecule has 0 aromatic heterocycles. The summed E-state index contributed by atoms with van der Waals surface area (Å²) in [7, 11) is 0. The summed E-state index contributed by atoms with van der Waals surface area (Å²) >= 11 is 0. The molecule has 152 valence electrons. The minimum Gasteiger partial charge on any atom is -0.460 e.